The zero-order chi connectivity index (χ0) is 6.57. The van der Waals surface area contributed by atoms with Crippen molar-refractivity contribution in [2.24, 2.45) is 0 Å². The van der Waals surface area contributed by atoms with Crippen molar-refractivity contribution >= 4 is 0 Å². The van der Waals surface area contributed by atoms with Crippen molar-refractivity contribution in [2.75, 3.05) is 7.05 Å². The van der Waals surface area contributed by atoms with Crippen LogP contribution >= 0.6 is 0 Å². The summed E-state index contributed by atoms with van der Waals surface area (Å²) >= 11 is 0. The Balaban J connectivity index is 3.78. The molecule has 0 unspecified atom stereocenters. The van der Waals surface area contributed by atoms with Gasteiger partial charge in [-0.1, -0.05) is 12.7 Å². The molecule has 0 atom stereocenters. The van der Waals surface area contributed by atoms with E-state index in [1.165, 1.54) is 7.05 Å². The van der Waals surface area contributed by atoms with E-state index in [1.807, 2.05) is 0 Å². The SMILES string of the molecule is C=C/C=C(\C)N(C)[O-]. The van der Waals surface area contributed by atoms with Crippen LogP contribution in [0.1, 0.15) is 6.92 Å². The number of allylic oxidation sites excluding steroid dienone is 3. The van der Waals surface area contributed by atoms with E-state index in [4.69, 9.17) is 0 Å². The van der Waals surface area contributed by atoms with Crippen LogP contribution in [0, 0.1) is 5.21 Å². The van der Waals surface area contributed by atoms with Crippen LogP contribution in [-0.2, 0) is 0 Å². The lowest BCUT2D eigenvalue weighted by Crippen LogP contribution is -2.04. The van der Waals surface area contributed by atoms with Gasteiger partial charge in [-0.25, -0.2) is 0 Å². The third-order valence-corrected chi connectivity index (χ3v) is 0.856. The molecular formula is C6H10NO-. The molecule has 0 aliphatic heterocycles. The Hall–Kier alpha value is -0.760. The van der Waals surface area contributed by atoms with E-state index in [1.54, 1.807) is 19.1 Å². The molecule has 8 heavy (non-hydrogen) atoms. The van der Waals surface area contributed by atoms with Crippen molar-refractivity contribution in [2.45, 2.75) is 6.92 Å². The van der Waals surface area contributed by atoms with Crippen LogP contribution in [0.5, 0.6) is 0 Å². The molecule has 0 saturated carbocycles. The van der Waals surface area contributed by atoms with Gasteiger partial charge < -0.3 is 10.3 Å². The van der Waals surface area contributed by atoms with Crippen LogP contribution in [0.2, 0.25) is 0 Å². The number of hydrogen-bond donors (Lipinski definition) is 0. The lowest BCUT2D eigenvalue weighted by molar-refractivity contribution is 0.574. The summed E-state index contributed by atoms with van der Waals surface area (Å²) in [7, 11) is 1.45. The first-order valence-electron chi connectivity index (χ1n) is 2.38. The first-order valence-corrected chi connectivity index (χ1v) is 2.38. The van der Waals surface area contributed by atoms with Gasteiger partial charge in [-0.05, 0) is 25.7 Å². The molecule has 46 valence electrons. The Morgan fingerprint density at radius 1 is 1.75 bits per heavy atom. The summed E-state index contributed by atoms with van der Waals surface area (Å²) in [5.74, 6) is 0. The number of hydrogen-bond acceptors (Lipinski definition) is 2. The standard InChI is InChI=1S/C6H10NO/c1-4-5-6(2)7(3)8/h4-5H,1H2,2-3H3/q-1/b6-5+. The van der Waals surface area contributed by atoms with Crippen LogP contribution in [0.4, 0.5) is 0 Å². The van der Waals surface area contributed by atoms with Gasteiger partial charge in [0.2, 0.25) is 0 Å². The second kappa shape index (κ2) is 3.27. The summed E-state index contributed by atoms with van der Waals surface area (Å²) in [6.07, 6.45) is 3.25. The average Bonchev–Trinajstić information content (AvgIpc) is 1.67. The van der Waals surface area contributed by atoms with Gasteiger partial charge in [0.1, 0.15) is 0 Å². The molecule has 0 fully saturated rings. The number of rotatable bonds is 2. The Bertz CT molecular complexity index is 105. The van der Waals surface area contributed by atoms with Crippen LogP contribution in [-0.4, -0.2) is 12.1 Å². The van der Waals surface area contributed by atoms with Crippen LogP contribution < -0.4 is 0 Å². The molecule has 0 bridgehead atoms. The lowest BCUT2D eigenvalue weighted by atomic mass is 10.4. The van der Waals surface area contributed by atoms with Crippen molar-refractivity contribution in [3.05, 3.63) is 29.6 Å². The largest absolute Gasteiger partial charge is 0.759 e. The zero-order valence-electron chi connectivity index (χ0n) is 5.22. The molecule has 0 aromatic carbocycles. The number of nitrogens with zero attached hydrogens (tertiary/aromatic N) is 1. The van der Waals surface area contributed by atoms with E-state index in [2.05, 4.69) is 6.58 Å². The zero-order valence-corrected chi connectivity index (χ0v) is 5.22. The van der Waals surface area contributed by atoms with Crippen molar-refractivity contribution < 1.29 is 0 Å². The molecule has 0 aliphatic rings. The minimum Gasteiger partial charge on any atom is -0.759 e. The Morgan fingerprint density at radius 3 is 2.38 bits per heavy atom. The fraction of sp³-hybridized carbons (Fsp3) is 0.333. The normalized spacial score (nSPS) is 11.1. The van der Waals surface area contributed by atoms with Gasteiger partial charge in [-0.2, -0.15) is 0 Å². The summed E-state index contributed by atoms with van der Waals surface area (Å²) < 4.78 is 0. The summed E-state index contributed by atoms with van der Waals surface area (Å²) in [6, 6.07) is 0. The van der Waals surface area contributed by atoms with Gasteiger partial charge >= 0.3 is 0 Å². The predicted octanol–water partition coefficient (Wildman–Crippen LogP) is 1.51. The maximum absolute atomic E-state index is 10.3. The monoisotopic (exact) mass is 112 g/mol. The van der Waals surface area contributed by atoms with E-state index in [0.29, 0.717) is 5.70 Å². The summed E-state index contributed by atoms with van der Waals surface area (Å²) in [5.41, 5.74) is 0.667. The summed E-state index contributed by atoms with van der Waals surface area (Å²) in [4.78, 5) is 0. The molecular weight excluding hydrogens is 102 g/mol. The molecule has 0 rings (SSSR count). The summed E-state index contributed by atoms with van der Waals surface area (Å²) in [6.45, 7) is 5.17. The van der Waals surface area contributed by atoms with Gasteiger partial charge in [0.15, 0.2) is 0 Å². The molecule has 0 N–H and O–H groups in total. The highest BCUT2D eigenvalue weighted by atomic mass is 16.5. The minimum atomic E-state index is 0.667. The highest BCUT2D eigenvalue weighted by Crippen LogP contribution is 1.95. The fourth-order valence-electron chi connectivity index (χ4n) is 0.276. The van der Waals surface area contributed by atoms with E-state index < -0.39 is 0 Å². The third kappa shape index (κ3) is 2.42. The highest BCUT2D eigenvalue weighted by molar-refractivity contribution is 5.06. The smallest absolute Gasteiger partial charge is 0.000831 e. The first kappa shape index (κ1) is 7.24. The van der Waals surface area contributed by atoms with Gasteiger partial charge in [0.25, 0.3) is 0 Å². The molecule has 0 radical (unpaired) electrons. The maximum Gasteiger partial charge on any atom is -0.000831 e. The molecule has 0 amide bonds. The van der Waals surface area contributed by atoms with Gasteiger partial charge in [0, 0.05) is 0 Å². The van der Waals surface area contributed by atoms with E-state index in [-0.39, 0.29) is 0 Å². The van der Waals surface area contributed by atoms with Gasteiger partial charge in [0.05, 0.1) is 0 Å². The van der Waals surface area contributed by atoms with Crippen molar-refractivity contribution in [1.29, 1.82) is 0 Å². The molecule has 0 saturated heterocycles. The molecule has 2 nitrogen and oxygen atoms in total. The summed E-state index contributed by atoms with van der Waals surface area (Å²) in [5, 5.41) is 11.1. The van der Waals surface area contributed by atoms with E-state index in [0.717, 1.165) is 5.06 Å². The van der Waals surface area contributed by atoms with Crippen LogP contribution in [0.15, 0.2) is 24.4 Å². The fourth-order valence-corrected chi connectivity index (χ4v) is 0.276. The molecule has 0 heterocycles. The van der Waals surface area contributed by atoms with E-state index in [9.17, 15) is 5.21 Å². The van der Waals surface area contributed by atoms with Crippen molar-refractivity contribution in [3.8, 4) is 0 Å². The average molecular weight is 112 g/mol. The molecule has 0 aromatic heterocycles. The topological polar surface area (TPSA) is 26.3 Å². The second-order valence-electron chi connectivity index (χ2n) is 1.54. The Morgan fingerprint density at radius 2 is 2.25 bits per heavy atom. The van der Waals surface area contributed by atoms with Crippen LogP contribution in [0.25, 0.3) is 0 Å². The minimum absolute atomic E-state index is 0.667. The maximum atomic E-state index is 10.3. The van der Waals surface area contributed by atoms with E-state index >= 15 is 0 Å². The van der Waals surface area contributed by atoms with Gasteiger partial charge in [-0.3, -0.25) is 0 Å². The highest BCUT2D eigenvalue weighted by Gasteiger charge is 1.77. The Kier molecular flexibility index (Phi) is 2.96. The Labute approximate surface area is 49.7 Å². The molecule has 0 aromatic rings. The predicted molar refractivity (Wildman–Crippen MR) is 35.1 cm³/mol. The molecule has 0 spiro atoms. The van der Waals surface area contributed by atoms with Gasteiger partial charge in [-0.15, -0.1) is 0 Å². The number of hydroxylamine groups is 2. The van der Waals surface area contributed by atoms with Crippen LogP contribution in [0.3, 0.4) is 0 Å². The molecule has 2 heteroatoms. The quantitative estimate of drug-likeness (QED) is 0.399. The first-order chi connectivity index (χ1) is 3.68. The third-order valence-electron chi connectivity index (χ3n) is 0.856. The lowest BCUT2D eigenvalue weighted by Gasteiger charge is -2.24. The second-order valence-corrected chi connectivity index (χ2v) is 1.54. The van der Waals surface area contributed by atoms with Crippen molar-refractivity contribution in [1.82, 2.24) is 5.06 Å². The van der Waals surface area contributed by atoms with Crippen molar-refractivity contribution in [3.63, 3.8) is 0 Å². The molecule has 0 aliphatic carbocycles.